The van der Waals surface area contributed by atoms with E-state index >= 15 is 0 Å². The van der Waals surface area contributed by atoms with Gasteiger partial charge in [-0.1, -0.05) is 18.2 Å². The summed E-state index contributed by atoms with van der Waals surface area (Å²) in [6.45, 7) is 4.79. The van der Waals surface area contributed by atoms with Crippen LogP contribution in [0.1, 0.15) is 21.5 Å². The summed E-state index contributed by atoms with van der Waals surface area (Å²) in [5.41, 5.74) is 2.62. The lowest BCUT2D eigenvalue weighted by Crippen LogP contribution is -2.28. The number of amides is 1. The molecule has 2 rings (SSSR count). The molecule has 0 atom stereocenters. The average molecular weight is 408 g/mol. The Morgan fingerprint density at radius 3 is 2.16 bits per heavy atom. The molecule has 5 nitrogen and oxygen atoms in total. The van der Waals surface area contributed by atoms with E-state index in [1.54, 1.807) is 26.4 Å². The fourth-order valence-electron chi connectivity index (χ4n) is 2.45. The molecule has 0 aliphatic carbocycles. The Morgan fingerprint density at radius 1 is 1.08 bits per heavy atom. The first-order valence-electron chi connectivity index (χ1n) is 7.86. The minimum atomic E-state index is -0.214. The summed E-state index contributed by atoms with van der Waals surface area (Å²) in [7, 11) is 3.08. The molecule has 1 N–H and O–H groups in total. The third-order valence-electron chi connectivity index (χ3n) is 3.75. The maximum atomic E-state index is 12.3. The van der Waals surface area contributed by atoms with Crippen LogP contribution in [0.25, 0.3) is 0 Å². The Hall–Kier alpha value is -2.21. The molecule has 0 saturated heterocycles. The second kappa shape index (κ2) is 8.76. The Morgan fingerprint density at radius 2 is 1.64 bits per heavy atom. The van der Waals surface area contributed by atoms with Gasteiger partial charge in [-0.05, 0) is 53.0 Å². The predicted octanol–water partition coefficient (Wildman–Crippen LogP) is 3.89. The SMILES string of the molecule is COc1cc(C(=O)NCCOc2c(C)cccc2C)cc(OC)c1Br. The lowest BCUT2D eigenvalue weighted by Gasteiger charge is -2.13. The van der Waals surface area contributed by atoms with Crippen molar-refractivity contribution in [3.05, 3.63) is 51.5 Å². The number of hydrogen-bond donors (Lipinski definition) is 1. The highest BCUT2D eigenvalue weighted by Crippen LogP contribution is 2.35. The Balaban J connectivity index is 1.97. The van der Waals surface area contributed by atoms with Crippen LogP contribution in [0.4, 0.5) is 0 Å². The number of carbonyl (C=O) groups is 1. The van der Waals surface area contributed by atoms with Crippen molar-refractivity contribution in [2.45, 2.75) is 13.8 Å². The average Bonchev–Trinajstić information content (AvgIpc) is 2.60. The topological polar surface area (TPSA) is 56.8 Å². The molecule has 0 heterocycles. The standard InChI is InChI=1S/C19H22BrNO4/c1-12-6-5-7-13(2)18(12)25-9-8-21-19(22)14-10-15(23-3)17(20)16(11-14)24-4/h5-7,10-11H,8-9H2,1-4H3,(H,21,22). The van der Waals surface area contributed by atoms with E-state index in [2.05, 4.69) is 21.2 Å². The molecule has 25 heavy (non-hydrogen) atoms. The second-order valence-corrected chi connectivity index (χ2v) is 6.31. The molecule has 0 aliphatic rings. The number of ether oxygens (including phenoxy) is 3. The van der Waals surface area contributed by atoms with Gasteiger partial charge in [-0.15, -0.1) is 0 Å². The molecule has 0 fully saturated rings. The van der Waals surface area contributed by atoms with Crippen LogP contribution in [-0.4, -0.2) is 33.3 Å². The van der Waals surface area contributed by atoms with Gasteiger partial charge in [-0.25, -0.2) is 0 Å². The van der Waals surface area contributed by atoms with Crippen LogP contribution in [0.15, 0.2) is 34.8 Å². The van der Waals surface area contributed by atoms with E-state index in [1.807, 2.05) is 32.0 Å². The van der Waals surface area contributed by atoms with Gasteiger partial charge in [0.15, 0.2) is 0 Å². The molecule has 0 aromatic heterocycles. The van der Waals surface area contributed by atoms with Crippen molar-refractivity contribution in [2.24, 2.45) is 0 Å². The third-order valence-corrected chi connectivity index (χ3v) is 4.53. The van der Waals surface area contributed by atoms with E-state index in [0.717, 1.165) is 16.9 Å². The van der Waals surface area contributed by atoms with Crippen molar-refractivity contribution < 1.29 is 19.0 Å². The zero-order valence-electron chi connectivity index (χ0n) is 14.8. The molecule has 1 amide bonds. The fourth-order valence-corrected chi connectivity index (χ4v) is 3.00. The molecule has 0 radical (unpaired) electrons. The first-order valence-corrected chi connectivity index (χ1v) is 8.66. The molecule has 0 bridgehead atoms. The predicted molar refractivity (Wildman–Crippen MR) is 101 cm³/mol. The number of hydrogen-bond acceptors (Lipinski definition) is 4. The quantitative estimate of drug-likeness (QED) is 0.707. The molecular formula is C19H22BrNO4. The summed E-state index contributed by atoms with van der Waals surface area (Å²) >= 11 is 3.39. The summed E-state index contributed by atoms with van der Waals surface area (Å²) in [6, 6.07) is 9.32. The van der Waals surface area contributed by atoms with Gasteiger partial charge in [-0.3, -0.25) is 4.79 Å². The molecule has 6 heteroatoms. The van der Waals surface area contributed by atoms with Gasteiger partial charge in [0.2, 0.25) is 0 Å². The molecule has 0 aliphatic heterocycles. The van der Waals surface area contributed by atoms with Crippen LogP contribution in [0.5, 0.6) is 17.2 Å². The zero-order valence-corrected chi connectivity index (χ0v) is 16.4. The number of para-hydroxylation sites is 1. The van der Waals surface area contributed by atoms with E-state index in [9.17, 15) is 4.79 Å². The largest absolute Gasteiger partial charge is 0.495 e. The molecule has 134 valence electrons. The fraction of sp³-hybridized carbons (Fsp3) is 0.316. The van der Waals surface area contributed by atoms with Crippen molar-refractivity contribution >= 4 is 21.8 Å². The van der Waals surface area contributed by atoms with E-state index in [4.69, 9.17) is 14.2 Å². The van der Waals surface area contributed by atoms with Gasteiger partial charge in [0.05, 0.1) is 20.8 Å². The monoisotopic (exact) mass is 407 g/mol. The minimum absolute atomic E-state index is 0.214. The van der Waals surface area contributed by atoms with E-state index in [-0.39, 0.29) is 5.91 Å². The summed E-state index contributed by atoms with van der Waals surface area (Å²) in [5, 5.41) is 2.84. The molecule has 0 spiro atoms. The number of nitrogens with one attached hydrogen (secondary N) is 1. The molecule has 0 unspecified atom stereocenters. The smallest absolute Gasteiger partial charge is 0.251 e. The Bertz CT molecular complexity index is 716. The van der Waals surface area contributed by atoms with Gasteiger partial charge in [-0.2, -0.15) is 0 Å². The van der Waals surface area contributed by atoms with Gasteiger partial charge >= 0.3 is 0 Å². The number of rotatable bonds is 7. The van der Waals surface area contributed by atoms with Crippen molar-refractivity contribution in [3.63, 3.8) is 0 Å². The Kier molecular flexibility index (Phi) is 6.70. The molecule has 2 aromatic carbocycles. The van der Waals surface area contributed by atoms with Gasteiger partial charge in [0, 0.05) is 5.56 Å². The number of aryl methyl sites for hydroxylation is 2. The molecule has 0 saturated carbocycles. The summed E-state index contributed by atoms with van der Waals surface area (Å²) in [5.74, 6) is 1.73. The van der Waals surface area contributed by atoms with Crippen molar-refractivity contribution in [1.82, 2.24) is 5.32 Å². The lowest BCUT2D eigenvalue weighted by molar-refractivity contribution is 0.0946. The summed E-state index contributed by atoms with van der Waals surface area (Å²) < 4.78 is 17.0. The van der Waals surface area contributed by atoms with Crippen LogP contribution >= 0.6 is 15.9 Å². The van der Waals surface area contributed by atoms with E-state index in [1.165, 1.54) is 0 Å². The maximum absolute atomic E-state index is 12.3. The number of carbonyl (C=O) groups excluding carboxylic acids is 1. The number of benzene rings is 2. The number of methoxy groups -OCH3 is 2. The minimum Gasteiger partial charge on any atom is -0.495 e. The highest BCUT2D eigenvalue weighted by atomic mass is 79.9. The van der Waals surface area contributed by atoms with Crippen LogP contribution in [0, 0.1) is 13.8 Å². The van der Waals surface area contributed by atoms with Crippen molar-refractivity contribution in [1.29, 1.82) is 0 Å². The Labute approximate surface area is 156 Å². The van der Waals surface area contributed by atoms with E-state index in [0.29, 0.717) is 34.7 Å². The third kappa shape index (κ3) is 4.66. The molecule has 2 aromatic rings. The maximum Gasteiger partial charge on any atom is 0.251 e. The van der Waals surface area contributed by atoms with Crippen LogP contribution in [0.2, 0.25) is 0 Å². The van der Waals surface area contributed by atoms with Gasteiger partial charge in [0.25, 0.3) is 5.91 Å². The van der Waals surface area contributed by atoms with Gasteiger partial charge in [0.1, 0.15) is 28.3 Å². The van der Waals surface area contributed by atoms with Crippen LogP contribution < -0.4 is 19.5 Å². The molecular weight excluding hydrogens is 386 g/mol. The van der Waals surface area contributed by atoms with Gasteiger partial charge < -0.3 is 19.5 Å². The summed E-state index contributed by atoms with van der Waals surface area (Å²) in [4.78, 5) is 12.3. The van der Waals surface area contributed by atoms with Crippen LogP contribution in [0.3, 0.4) is 0 Å². The first-order chi connectivity index (χ1) is 12.0. The lowest BCUT2D eigenvalue weighted by atomic mass is 10.1. The highest BCUT2D eigenvalue weighted by Gasteiger charge is 2.14. The van der Waals surface area contributed by atoms with Crippen molar-refractivity contribution in [3.8, 4) is 17.2 Å². The van der Waals surface area contributed by atoms with Crippen LogP contribution in [-0.2, 0) is 0 Å². The number of halogens is 1. The van der Waals surface area contributed by atoms with E-state index < -0.39 is 0 Å². The zero-order chi connectivity index (χ0) is 18.4. The highest BCUT2D eigenvalue weighted by molar-refractivity contribution is 9.10. The second-order valence-electron chi connectivity index (χ2n) is 5.52. The summed E-state index contributed by atoms with van der Waals surface area (Å²) in [6.07, 6.45) is 0. The van der Waals surface area contributed by atoms with Crippen molar-refractivity contribution in [2.75, 3.05) is 27.4 Å². The normalized spacial score (nSPS) is 10.3. The first kappa shape index (κ1) is 19.1.